The number of thiophene rings is 1. The molecule has 0 spiro atoms. The molecule has 3 aromatic heterocycles. The number of nitrogens with two attached hydrogens (primary N) is 1. The zero-order valence-electron chi connectivity index (χ0n) is 20.6. The number of carbonyl (C=O) groups is 2. The monoisotopic (exact) mass is 609 g/mol. The predicted octanol–water partition coefficient (Wildman–Crippen LogP) is 7.12. The molecule has 5 aromatic rings. The smallest absolute Gasteiger partial charge is 0.291 e. The summed E-state index contributed by atoms with van der Waals surface area (Å²) in [7, 11) is 0. The van der Waals surface area contributed by atoms with Crippen molar-refractivity contribution < 1.29 is 49.5 Å². The Bertz CT molecular complexity index is 1830. The Labute approximate surface area is 234 Å². The number of pyridine rings is 1. The second-order valence-corrected chi connectivity index (χ2v) is 9.52. The number of hydrogen-bond donors (Lipinski definition) is 2. The van der Waals surface area contributed by atoms with E-state index in [0.717, 1.165) is 18.2 Å². The van der Waals surface area contributed by atoms with Crippen molar-refractivity contribution in [3.63, 3.8) is 0 Å². The van der Waals surface area contributed by atoms with Crippen molar-refractivity contribution in [3.05, 3.63) is 99.7 Å². The zero-order chi connectivity index (χ0) is 30.3. The first-order chi connectivity index (χ1) is 20.0. The van der Waals surface area contributed by atoms with E-state index in [1.54, 1.807) is 30.3 Å². The number of hydrogen-bond acceptors (Lipinski definition) is 6. The van der Waals surface area contributed by atoms with Crippen LogP contribution in [0.15, 0.2) is 52.9 Å². The van der Waals surface area contributed by atoms with E-state index in [9.17, 15) is 40.3 Å². The van der Waals surface area contributed by atoms with Crippen LogP contribution < -0.4 is 15.8 Å². The molecule has 0 atom stereocenters. The lowest BCUT2D eigenvalue weighted by molar-refractivity contribution is 0.0992. The van der Waals surface area contributed by atoms with Crippen LogP contribution in [0.2, 0.25) is 0 Å². The number of nitrogens with zero attached hydrogens (tertiary/aromatic N) is 1. The number of alkyl halides is 2. The molecule has 2 aromatic carbocycles. The number of aromatic nitrogens is 1. The van der Waals surface area contributed by atoms with Crippen LogP contribution in [0, 0.1) is 29.1 Å². The lowest BCUT2D eigenvalue weighted by Crippen LogP contribution is -2.16. The molecular weight excluding hydrogens is 595 g/mol. The van der Waals surface area contributed by atoms with Crippen LogP contribution in [0.25, 0.3) is 21.3 Å². The highest BCUT2D eigenvalue weighted by molar-refractivity contribution is 7.21. The average Bonchev–Trinajstić information content (AvgIpc) is 3.60. The van der Waals surface area contributed by atoms with Crippen molar-refractivity contribution in [2.24, 2.45) is 5.73 Å². The van der Waals surface area contributed by atoms with E-state index in [2.05, 4.69) is 10.3 Å². The molecule has 0 aliphatic carbocycles. The maximum absolute atomic E-state index is 13.9. The van der Waals surface area contributed by atoms with Gasteiger partial charge in [-0.2, -0.15) is 8.78 Å². The van der Waals surface area contributed by atoms with Gasteiger partial charge in [0.05, 0.1) is 5.69 Å². The molecule has 0 aliphatic rings. The van der Waals surface area contributed by atoms with Gasteiger partial charge in [-0.15, -0.1) is 11.3 Å². The minimum atomic E-state index is -2.94. The van der Waals surface area contributed by atoms with Gasteiger partial charge in [-0.05, 0) is 29.3 Å². The van der Waals surface area contributed by atoms with Crippen molar-refractivity contribution in [3.8, 4) is 16.9 Å². The Morgan fingerprint density at radius 2 is 1.60 bits per heavy atom. The average molecular weight is 609 g/mol. The predicted molar refractivity (Wildman–Crippen MR) is 136 cm³/mol. The summed E-state index contributed by atoms with van der Waals surface area (Å²) in [5, 5.41) is 2.62. The van der Waals surface area contributed by atoms with Gasteiger partial charge in [-0.25, -0.2) is 26.9 Å². The fraction of sp³-hybridized carbons (Fsp3) is 0.0741. The quantitative estimate of drug-likeness (QED) is 0.111. The summed E-state index contributed by atoms with van der Waals surface area (Å²) < 4.78 is 105. The van der Waals surface area contributed by atoms with Crippen molar-refractivity contribution >= 4 is 39.1 Å². The molecule has 15 heteroatoms. The summed E-state index contributed by atoms with van der Waals surface area (Å²) in [6.45, 7) is -0.835. The molecule has 0 radical (unpaired) electrons. The molecule has 42 heavy (non-hydrogen) atoms. The number of anilines is 1. The molecule has 216 valence electrons. The first-order valence-corrected chi connectivity index (χ1v) is 12.4. The fourth-order valence-corrected chi connectivity index (χ4v) is 4.99. The minimum absolute atomic E-state index is 0.00731. The normalized spacial score (nSPS) is 11.3. The lowest BCUT2D eigenvalue weighted by atomic mass is 10.0. The number of carbonyl (C=O) groups excluding carboxylic acids is 2. The third-order valence-corrected chi connectivity index (χ3v) is 6.96. The summed E-state index contributed by atoms with van der Waals surface area (Å²) in [6, 6.07) is 11.6. The van der Waals surface area contributed by atoms with Gasteiger partial charge in [0.25, 0.3) is 18.2 Å². The van der Waals surface area contributed by atoms with Gasteiger partial charge in [0.2, 0.25) is 29.1 Å². The highest BCUT2D eigenvalue weighted by atomic mass is 32.1. The number of rotatable bonds is 8. The van der Waals surface area contributed by atoms with E-state index in [4.69, 9.17) is 14.9 Å². The molecule has 2 amide bonds. The number of ether oxygens (including phenoxy) is 1. The number of amides is 2. The molecule has 0 saturated carbocycles. The van der Waals surface area contributed by atoms with Gasteiger partial charge >= 0.3 is 0 Å². The molecule has 0 bridgehead atoms. The molecule has 7 nitrogen and oxygen atoms in total. The Balaban J connectivity index is 1.48. The molecule has 5 rings (SSSR count). The van der Waals surface area contributed by atoms with E-state index < -0.39 is 71.1 Å². The molecule has 0 aliphatic heterocycles. The van der Waals surface area contributed by atoms with Gasteiger partial charge < -0.3 is 20.2 Å². The van der Waals surface area contributed by atoms with Gasteiger partial charge in [0, 0.05) is 5.39 Å². The van der Waals surface area contributed by atoms with Gasteiger partial charge in [-0.3, -0.25) is 9.59 Å². The Morgan fingerprint density at radius 3 is 2.21 bits per heavy atom. The lowest BCUT2D eigenvalue weighted by Gasteiger charge is -2.10. The Morgan fingerprint density at radius 1 is 0.952 bits per heavy atom. The van der Waals surface area contributed by atoms with Crippen molar-refractivity contribution in [1.29, 1.82) is 0 Å². The van der Waals surface area contributed by atoms with E-state index in [1.807, 2.05) is 0 Å². The number of halogens is 7. The standard InChI is InChI=1S/C27H14F7N3O4S/c28-16-17(29)19(31)22(20(32)18(16)30)40-9-11-6-7-14(41-11)26(39)37-21-15-12(10-4-2-1-3-5-10)8-13(24(33)34)36-27(15)42-23(21)25(35)38/h1-8,24H,9H2,(H2,35,38)(H,37,39). The number of primary amides is 1. The second-order valence-electron chi connectivity index (χ2n) is 8.52. The van der Waals surface area contributed by atoms with Crippen molar-refractivity contribution in [2.45, 2.75) is 13.0 Å². The number of furan rings is 1. The zero-order valence-corrected chi connectivity index (χ0v) is 21.4. The maximum atomic E-state index is 13.9. The highest BCUT2D eigenvalue weighted by Gasteiger charge is 2.28. The SMILES string of the molecule is NC(=O)c1sc2nc(C(F)F)cc(-c3ccccc3)c2c1NC(=O)c1ccc(COc2c(F)c(F)c(F)c(F)c2F)o1. The summed E-state index contributed by atoms with van der Waals surface area (Å²) in [5.74, 6) is -15.3. The number of benzene rings is 2. The summed E-state index contributed by atoms with van der Waals surface area (Å²) in [4.78, 5) is 29.1. The Kier molecular flexibility index (Phi) is 7.60. The number of fused-ring (bicyclic) bond motifs is 1. The molecule has 3 N–H and O–H groups in total. The van der Waals surface area contributed by atoms with Crippen LogP contribution in [0.4, 0.5) is 36.4 Å². The van der Waals surface area contributed by atoms with E-state index in [0.29, 0.717) is 16.9 Å². The summed E-state index contributed by atoms with van der Waals surface area (Å²) in [6.07, 6.45) is -2.94. The third kappa shape index (κ3) is 5.13. The molecule has 0 unspecified atom stereocenters. The molecule has 0 saturated heterocycles. The van der Waals surface area contributed by atoms with Crippen LogP contribution in [0.3, 0.4) is 0 Å². The molecule has 3 heterocycles. The third-order valence-electron chi connectivity index (χ3n) is 5.87. The van der Waals surface area contributed by atoms with E-state index in [-0.39, 0.29) is 32.1 Å². The number of nitrogens with one attached hydrogen (secondary N) is 1. The first kappa shape index (κ1) is 28.6. The molecule has 0 fully saturated rings. The van der Waals surface area contributed by atoms with Crippen LogP contribution in [0.1, 0.15) is 38.1 Å². The van der Waals surface area contributed by atoms with Gasteiger partial charge in [0.1, 0.15) is 27.8 Å². The first-order valence-electron chi connectivity index (χ1n) is 11.6. The van der Waals surface area contributed by atoms with Crippen LogP contribution >= 0.6 is 11.3 Å². The highest BCUT2D eigenvalue weighted by Crippen LogP contribution is 2.42. The minimum Gasteiger partial charge on any atom is -0.479 e. The molecular formula is C27H14F7N3O4S. The summed E-state index contributed by atoms with van der Waals surface area (Å²) >= 11 is 0.683. The van der Waals surface area contributed by atoms with Crippen LogP contribution in [-0.4, -0.2) is 16.8 Å². The van der Waals surface area contributed by atoms with Crippen molar-refractivity contribution in [2.75, 3.05) is 5.32 Å². The largest absolute Gasteiger partial charge is 0.479 e. The fourth-order valence-electron chi connectivity index (χ4n) is 3.97. The van der Waals surface area contributed by atoms with Crippen LogP contribution in [0.5, 0.6) is 5.75 Å². The van der Waals surface area contributed by atoms with Crippen LogP contribution in [-0.2, 0) is 6.61 Å². The van der Waals surface area contributed by atoms with Gasteiger partial charge in [-0.1, -0.05) is 30.3 Å². The van der Waals surface area contributed by atoms with Gasteiger partial charge in [0.15, 0.2) is 11.5 Å². The maximum Gasteiger partial charge on any atom is 0.291 e. The second kappa shape index (κ2) is 11.2. The van der Waals surface area contributed by atoms with Crippen molar-refractivity contribution in [1.82, 2.24) is 4.98 Å². The van der Waals surface area contributed by atoms with E-state index >= 15 is 0 Å². The van der Waals surface area contributed by atoms with E-state index in [1.165, 1.54) is 0 Å². The summed E-state index contributed by atoms with van der Waals surface area (Å²) in [5.41, 5.74) is 5.50. The topological polar surface area (TPSA) is 107 Å². The Hall–Kier alpha value is -4.92.